The van der Waals surface area contributed by atoms with Gasteiger partial charge < -0.3 is 9.55 Å². The summed E-state index contributed by atoms with van der Waals surface area (Å²) in [6.45, 7) is 2.75. The molecule has 2 N–H and O–H groups in total. The van der Waals surface area contributed by atoms with Gasteiger partial charge >= 0.3 is 0 Å². The van der Waals surface area contributed by atoms with Crippen LogP contribution < -0.4 is 5.49 Å². The summed E-state index contributed by atoms with van der Waals surface area (Å²) in [5.41, 5.74) is 2.64. The third-order valence-electron chi connectivity index (χ3n) is 3.58. The fraction of sp³-hybridized carbons (Fsp3) is 0.235. The average Bonchev–Trinajstić information content (AvgIpc) is 2.98. The number of terminal acetylenes is 1. The van der Waals surface area contributed by atoms with Crippen molar-refractivity contribution >= 4 is 34.5 Å². The molecule has 0 aliphatic rings. The van der Waals surface area contributed by atoms with E-state index in [9.17, 15) is 0 Å². The van der Waals surface area contributed by atoms with Crippen molar-refractivity contribution in [2.24, 2.45) is 0 Å². The molecule has 0 spiro atoms. The number of aromatic nitrogens is 4. The van der Waals surface area contributed by atoms with E-state index >= 15 is 0 Å². The Morgan fingerprint density at radius 2 is 2.29 bits per heavy atom. The molecular weight excluding hydrogens is 342 g/mol. The first-order chi connectivity index (χ1) is 11.6. The Morgan fingerprint density at radius 3 is 3.08 bits per heavy atom. The van der Waals surface area contributed by atoms with Gasteiger partial charge in [-0.1, -0.05) is 29.4 Å². The molecule has 0 amide bonds. The number of H-pyrrole nitrogens is 1. The second kappa shape index (κ2) is 7.12. The molecule has 0 saturated heterocycles. The number of aryl methyl sites for hydroxylation is 2. The maximum atomic E-state index is 7.98. The van der Waals surface area contributed by atoms with E-state index in [4.69, 9.17) is 23.4 Å². The maximum Gasteiger partial charge on any atom is 0.173 e. The van der Waals surface area contributed by atoms with E-state index in [1.807, 2.05) is 29.7 Å². The largest absolute Gasteiger partial charge is 0.328 e. The lowest BCUT2D eigenvalue weighted by atomic mass is 10.2. The molecule has 0 aliphatic carbocycles. The first kappa shape index (κ1) is 16.6. The third kappa shape index (κ3) is 3.48. The molecule has 0 radical (unpaired) electrons. The van der Waals surface area contributed by atoms with Crippen LogP contribution >= 0.6 is 23.4 Å². The lowest BCUT2D eigenvalue weighted by Crippen LogP contribution is -2.12. The number of hydrogen-bond acceptors (Lipinski definition) is 4. The number of nitrogens with one attached hydrogen (secondary N) is 2. The number of rotatable bonds is 5. The van der Waals surface area contributed by atoms with Gasteiger partial charge in [0.2, 0.25) is 0 Å². The summed E-state index contributed by atoms with van der Waals surface area (Å²) in [4.78, 5) is 13.0. The van der Waals surface area contributed by atoms with Crippen molar-refractivity contribution in [2.75, 3.05) is 0 Å². The molecule has 0 unspecified atom stereocenters. The Labute approximate surface area is 149 Å². The van der Waals surface area contributed by atoms with Crippen LogP contribution in [-0.4, -0.2) is 19.5 Å². The zero-order valence-electron chi connectivity index (χ0n) is 13.1. The number of nitrogens with zero attached hydrogens (tertiary/aromatic N) is 3. The Balaban J connectivity index is 1.97. The number of fused-ring (bicyclic) bond motifs is 1. The van der Waals surface area contributed by atoms with Gasteiger partial charge in [-0.3, -0.25) is 5.41 Å². The predicted molar refractivity (Wildman–Crippen MR) is 96.1 cm³/mol. The van der Waals surface area contributed by atoms with E-state index in [0.717, 1.165) is 23.4 Å². The molecule has 0 aliphatic heterocycles. The van der Waals surface area contributed by atoms with Gasteiger partial charge in [-0.15, -0.1) is 12.3 Å². The van der Waals surface area contributed by atoms with Crippen LogP contribution in [0.15, 0.2) is 34.6 Å². The fourth-order valence-corrected chi connectivity index (χ4v) is 3.46. The lowest BCUT2D eigenvalue weighted by Gasteiger charge is -2.04. The number of aromatic amines is 1. The molecule has 2 heterocycles. The number of imidazole rings is 1. The summed E-state index contributed by atoms with van der Waals surface area (Å²) < 4.78 is 1.93. The molecule has 0 fully saturated rings. The zero-order valence-corrected chi connectivity index (χ0v) is 14.7. The number of halogens is 1. The van der Waals surface area contributed by atoms with Crippen LogP contribution in [0.1, 0.15) is 18.4 Å². The van der Waals surface area contributed by atoms with E-state index in [1.165, 1.54) is 11.8 Å². The van der Waals surface area contributed by atoms with E-state index in [-0.39, 0.29) is 5.49 Å². The van der Waals surface area contributed by atoms with Crippen molar-refractivity contribution in [2.45, 2.75) is 36.4 Å². The minimum absolute atomic E-state index is 0.181. The van der Waals surface area contributed by atoms with Crippen molar-refractivity contribution in [1.82, 2.24) is 19.5 Å². The van der Waals surface area contributed by atoms with Crippen LogP contribution in [0.5, 0.6) is 0 Å². The van der Waals surface area contributed by atoms with Crippen LogP contribution in [0.3, 0.4) is 0 Å². The molecular formula is C17H16ClN5S. The predicted octanol–water partition coefficient (Wildman–Crippen LogP) is 3.77. The van der Waals surface area contributed by atoms with Gasteiger partial charge in [0.05, 0.1) is 6.33 Å². The molecule has 1 aromatic carbocycles. The van der Waals surface area contributed by atoms with E-state index in [1.54, 1.807) is 6.33 Å². The Hall–Kier alpha value is -2.23. The van der Waals surface area contributed by atoms with Gasteiger partial charge in [-0.2, -0.15) is 0 Å². The highest BCUT2D eigenvalue weighted by Gasteiger charge is 2.11. The fourth-order valence-electron chi connectivity index (χ4n) is 2.31. The van der Waals surface area contributed by atoms with Crippen molar-refractivity contribution in [3.8, 4) is 12.3 Å². The summed E-state index contributed by atoms with van der Waals surface area (Å²) in [6.07, 6.45) is 8.49. The first-order valence-electron chi connectivity index (χ1n) is 7.45. The van der Waals surface area contributed by atoms with Gasteiger partial charge in [0.1, 0.15) is 5.52 Å². The molecule has 2 aromatic heterocycles. The van der Waals surface area contributed by atoms with Crippen LogP contribution in [0.25, 0.3) is 11.2 Å². The summed E-state index contributed by atoms with van der Waals surface area (Å²) in [5.74, 6) is 2.63. The second-order valence-corrected chi connectivity index (χ2v) is 6.81. The van der Waals surface area contributed by atoms with Crippen molar-refractivity contribution < 1.29 is 0 Å². The SMILES string of the molecule is C#CCCCn1cnc(=N)c2[nH]c(Sc3cc(Cl)ccc3C)nc21. The Morgan fingerprint density at radius 1 is 1.46 bits per heavy atom. The van der Waals surface area contributed by atoms with Crippen molar-refractivity contribution in [3.63, 3.8) is 0 Å². The number of hydrogen-bond donors (Lipinski definition) is 2. The molecule has 122 valence electrons. The van der Waals surface area contributed by atoms with E-state index in [0.29, 0.717) is 27.8 Å². The average molecular weight is 358 g/mol. The summed E-state index contributed by atoms with van der Waals surface area (Å²) in [6, 6.07) is 5.76. The van der Waals surface area contributed by atoms with E-state index in [2.05, 4.69) is 20.9 Å². The molecule has 24 heavy (non-hydrogen) atoms. The normalized spacial score (nSPS) is 10.9. The van der Waals surface area contributed by atoms with Gasteiger partial charge in [-0.05, 0) is 31.0 Å². The molecule has 0 bridgehead atoms. The molecule has 5 nitrogen and oxygen atoms in total. The minimum Gasteiger partial charge on any atom is -0.328 e. The maximum absolute atomic E-state index is 7.98. The van der Waals surface area contributed by atoms with Gasteiger partial charge in [0.15, 0.2) is 16.3 Å². The molecule has 3 aromatic rings. The highest BCUT2D eigenvalue weighted by molar-refractivity contribution is 7.99. The Kier molecular flexibility index (Phi) is 4.93. The van der Waals surface area contributed by atoms with Crippen LogP contribution in [0.2, 0.25) is 5.02 Å². The minimum atomic E-state index is 0.181. The highest BCUT2D eigenvalue weighted by Crippen LogP contribution is 2.31. The first-order valence-corrected chi connectivity index (χ1v) is 8.65. The highest BCUT2D eigenvalue weighted by atomic mass is 35.5. The second-order valence-electron chi connectivity index (χ2n) is 5.35. The number of benzene rings is 1. The van der Waals surface area contributed by atoms with E-state index < -0.39 is 0 Å². The topological polar surface area (TPSA) is 70.3 Å². The molecule has 3 rings (SSSR count). The summed E-state index contributed by atoms with van der Waals surface area (Å²) >= 11 is 7.57. The molecule has 0 saturated carbocycles. The van der Waals surface area contributed by atoms with Gasteiger partial charge in [0, 0.05) is 22.9 Å². The number of unbranched alkanes of at least 4 members (excludes halogenated alkanes) is 1. The lowest BCUT2D eigenvalue weighted by molar-refractivity contribution is 0.653. The molecule has 0 atom stereocenters. The smallest absolute Gasteiger partial charge is 0.173 e. The molecule has 7 heteroatoms. The van der Waals surface area contributed by atoms with Crippen molar-refractivity contribution in [1.29, 1.82) is 5.41 Å². The third-order valence-corrected chi connectivity index (χ3v) is 4.86. The standard InChI is InChI=1S/C17H16ClN5S/c1-3-4-5-8-23-10-20-15(19)14-16(23)22-17(21-14)24-13-9-12(18)7-6-11(13)2/h1,6-7,9-10,19H,4-5,8H2,2H3,(H,21,22). The van der Waals surface area contributed by atoms with Gasteiger partial charge in [-0.25, -0.2) is 9.97 Å². The monoisotopic (exact) mass is 357 g/mol. The summed E-state index contributed by atoms with van der Waals surface area (Å²) in [5, 5.41) is 9.38. The van der Waals surface area contributed by atoms with Crippen LogP contribution in [0.4, 0.5) is 0 Å². The quantitative estimate of drug-likeness (QED) is 0.539. The Bertz CT molecular complexity index is 983. The van der Waals surface area contributed by atoms with Crippen LogP contribution in [0, 0.1) is 24.7 Å². The summed E-state index contributed by atoms with van der Waals surface area (Å²) in [7, 11) is 0. The van der Waals surface area contributed by atoms with Crippen LogP contribution in [-0.2, 0) is 6.54 Å². The van der Waals surface area contributed by atoms with Crippen molar-refractivity contribution in [3.05, 3.63) is 40.6 Å². The van der Waals surface area contributed by atoms with Gasteiger partial charge in [0.25, 0.3) is 0 Å². The zero-order chi connectivity index (χ0) is 17.1.